The third-order valence-electron chi connectivity index (χ3n) is 2.86. The summed E-state index contributed by atoms with van der Waals surface area (Å²) in [6, 6.07) is 8.29. The van der Waals surface area contributed by atoms with E-state index in [-0.39, 0.29) is 11.4 Å². The maximum atomic E-state index is 13.3. The fraction of sp³-hybridized carbons (Fsp3) is 0.143. The van der Waals surface area contributed by atoms with E-state index >= 15 is 0 Å². The van der Waals surface area contributed by atoms with Crippen LogP contribution in [0.25, 0.3) is 0 Å². The van der Waals surface area contributed by atoms with Crippen LogP contribution in [-0.2, 0) is 16.6 Å². The zero-order valence-electron chi connectivity index (χ0n) is 11.2. The van der Waals surface area contributed by atoms with Crippen molar-refractivity contribution in [3.8, 4) is 0 Å². The minimum atomic E-state index is -1.50. The largest absolute Gasteiger partial charge is 0.398 e. The van der Waals surface area contributed by atoms with Crippen LogP contribution in [0.1, 0.15) is 11.1 Å². The third-order valence-corrected chi connectivity index (χ3v) is 4.32. The van der Waals surface area contributed by atoms with Gasteiger partial charge in [0.25, 0.3) is 5.69 Å². The Bertz CT molecular complexity index is 734. The first-order valence-electron chi connectivity index (χ1n) is 6.05. The fourth-order valence-corrected chi connectivity index (χ4v) is 3.09. The van der Waals surface area contributed by atoms with Gasteiger partial charge in [0.05, 0.1) is 32.4 Å². The summed E-state index contributed by atoms with van der Waals surface area (Å²) in [6.07, 6.45) is 0. The SMILES string of the molecule is Cc1ccc(S(=O)Cc2cc(F)cc([N+](=O)[O-])c2)c(N)c1. The Labute approximate surface area is 123 Å². The number of rotatable bonds is 4. The molecule has 0 saturated heterocycles. The maximum absolute atomic E-state index is 13.3. The van der Waals surface area contributed by atoms with E-state index in [9.17, 15) is 18.7 Å². The van der Waals surface area contributed by atoms with Gasteiger partial charge in [-0.2, -0.15) is 0 Å². The van der Waals surface area contributed by atoms with Crippen LogP contribution in [0.15, 0.2) is 41.3 Å². The molecule has 2 rings (SSSR count). The van der Waals surface area contributed by atoms with Gasteiger partial charge < -0.3 is 5.73 Å². The molecule has 0 saturated carbocycles. The lowest BCUT2D eigenvalue weighted by atomic mass is 10.2. The molecule has 21 heavy (non-hydrogen) atoms. The van der Waals surface area contributed by atoms with E-state index in [4.69, 9.17) is 5.73 Å². The highest BCUT2D eigenvalue weighted by atomic mass is 32.2. The molecule has 0 radical (unpaired) electrons. The zero-order valence-corrected chi connectivity index (χ0v) is 12.0. The Morgan fingerprint density at radius 1 is 1.29 bits per heavy atom. The predicted octanol–water partition coefficient (Wildman–Crippen LogP) is 2.93. The molecule has 2 aromatic carbocycles. The van der Waals surface area contributed by atoms with E-state index in [1.165, 1.54) is 6.07 Å². The first kappa shape index (κ1) is 15.1. The molecule has 0 aliphatic heterocycles. The number of anilines is 1. The van der Waals surface area contributed by atoms with E-state index in [1.54, 1.807) is 18.2 Å². The van der Waals surface area contributed by atoms with Crippen LogP contribution in [0.3, 0.4) is 0 Å². The molecule has 1 unspecified atom stereocenters. The van der Waals surface area contributed by atoms with Crippen molar-refractivity contribution >= 4 is 22.2 Å². The second-order valence-electron chi connectivity index (χ2n) is 4.61. The number of aryl methyl sites for hydroxylation is 1. The zero-order chi connectivity index (χ0) is 15.6. The molecule has 0 heterocycles. The molecule has 0 fully saturated rings. The number of hydrogen-bond donors (Lipinski definition) is 1. The molecule has 0 bridgehead atoms. The van der Waals surface area contributed by atoms with E-state index in [0.29, 0.717) is 16.1 Å². The summed E-state index contributed by atoms with van der Waals surface area (Å²) < 4.78 is 25.6. The first-order valence-corrected chi connectivity index (χ1v) is 7.37. The molecule has 2 N–H and O–H groups in total. The molecule has 7 heteroatoms. The van der Waals surface area contributed by atoms with Gasteiger partial charge in [0.1, 0.15) is 5.82 Å². The number of hydrogen-bond acceptors (Lipinski definition) is 4. The number of nitrogen functional groups attached to an aromatic ring is 1. The Kier molecular flexibility index (Phi) is 4.32. The van der Waals surface area contributed by atoms with Gasteiger partial charge in [0, 0.05) is 11.8 Å². The van der Waals surface area contributed by atoms with Crippen LogP contribution in [0.2, 0.25) is 0 Å². The Hall–Kier alpha value is -2.28. The monoisotopic (exact) mass is 308 g/mol. The Morgan fingerprint density at radius 2 is 2.00 bits per heavy atom. The Morgan fingerprint density at radius 3 is 2.62 bits per heavy atom. The molecule has 110 valence electrons. The molecule has 2 aromatic rings. The lowest BCUT2D eigenvalue weighted by molar-refractivity contribution is -0.385. The lowest BCUT2D eigenvalue weighted by Crippen LogP contribution is -2.02. The van der Waals surface area contributed by atoms with Crippen molar-refractivity contribution in [2.75, 3.05) is 5.73 Å². The highest BCUT2D eigenvalue weighted by molar-refractivity contribution is 7.84. The molecule has 1 atom stereocenters. The topological polar surface area (TPSA) is 86.2 Å². The molecule has 0 aromatic heterocycles. The van der Waals surface area contributed by atoms with Crippen molar-refractivity contribution in [3.05, 3.63) is 63.5 Å². The second-order valence-corrected chi connectivity index (χ2v) is 6.03. The average Bonchev–Trinajstić information content (AvgIpc) is 2.37. The summed E-state index contributed by atoms with van der Waals surface area (Å²) in [7, 11) is -1.50. The molecule has 0 aliphatic carbocycles. The van der Waals surface area contributed by atoms with Gasteiger partial charge in [-0.25, -0.2) is 4.39 Å². The average molecular weight is 308 g/mol. The molecule has 0 spiro atoms. The van der Waals surface area contributed by atoms with Gasteiger partial charge in [0.2, 0.25) is 0 Å². The number of nitrogens with zero attached hydrogens (tertiary/aromatic N) is 1. The molecular formula is C14H13FN2O3S. The van der Waals surface area contributed by atoms with E-state index in [2.05, 4.69) is 0 Å². The summed E-state index contributed by atoms with van der Waals surface area (Å²) in [5, 5.41) is 10.7. The van der Waals surface area contributed by atoms with Crippen molar-refractivity contribution in [1.29, 1.82) is 0 Å². The van der Waals surface area contributed by atoms with E-state index in [1.807, 2.05) is 6.92 Å². The summed E-state index contributed by atoms with van der Waals surface area (Å²) in [4.78, 5) is 10.4. The molecule has 5 nitrogen and oxygen atoms in total. The molecule has 0 amide bonds. The van der Waals surface area contributed by atoms with Gasteiger partial charge in [-0.1, -0.05) is 6.07 Å². The van der Waals surface area contributed by atoms with Crippen molar-refractivity contribution in [2.45, 2.75) is 17.6 Å². The third kappa shape index (κ3) is 3.63. The minimum absolute atomic E-state index is 0.0359. The van der Waals surface area contributed by atoms with Crippen molar-refractivity contribution in [2.24, 2.45) is 0 Å². The maximum Gasteiger partial charge on any atom is 0.272 e. The van der Waals surface area contributed by atoms with Gasteiger partial charge in [-0.15, -0.1) is 0 Å². The highest BCUT2D eigenvalue weighted by Crippen LogP contribution is 2.23. The van der Waals surface area contributed by atoms with Gasteiger partial charge in [-0.3, -0.25) is 14.3 Å². The van der Waals surface area contributed by atoms with Crippen LogP contribution < -0.4 is 5.73 Å². The first-order chi connectivity index (χ1) is 9.86. The summed E-state index contributed by atoms with van der Waals surface area (Å²) in [5.41, 5.74) is 7.07. The van der Waals surface area contributed by atoms with Crippen LogP contribution in [0.4, 0.5) is 15.8 Å². The standard InChI is InChI=1S/C14H13FN2O3S/c1-9-2-3-14(13(16)4-9)21(20)8-10-5-11(15)7-12(6-10)17(18)19/h2-7H,8,16H2,1H3. The van der Waals surface area contributed by atoms with Crippen molar-refractivity contribution in [1.82, 2.24) is 0 Å². The number of nitro benzene ring substituents is 1. The number of nitrogens with two attached hydrogens (primary N) is 1. The number of halogens is 1. The number of nitro groups is 1. The van der Waals surface area contributed by atoms with E-state index in [0.717, 1.165) is 17.7 Å². The van der Waals surface area contributed by atoms with Crippen LogP contribution in [0.5, 0.6) is 0 Å². The second kappa shape index (κ2) is 6.01. The number of non-ortho nitro benzene ring substituents is 1. The smallest absolute Gasteiger partial charge is 0.272 e. The molecule has 0 aliphatic rings. The highest BCUT2D eigenvalue weighted by Gasteiger charge is 2.14. The van der Waals surface area contributed by atoms with Gasteiger partial charge >= 0.3 is 0 Å². The van der Waals surface area contributed by atoms with Gasteiger partial charge in [0.15, 0.2) is 0 Å². The minimum Gasteiger partial charge on any atom is -0.398 e. The Balaban J connectivity index is 2.29. The number of benzene rings is 2. The van der Waals surface area contributed by atoms with Gasteiger partial charge in [-0.05, 0) is 36.2 Å². The quantitative estimate of drug-likeness (QED) is 0.534. The van der Waals surface area contributed by atoms with Crippen LogP contribution in [0, 0.1) is 22.9 Å². The summed E-state index contributed by atoms with van der Waals surface area (Å²) >= 11 is 0. The summed E-state index contributed by atoms with van der Waals surface area (Å²) in [6.45, 7) is 1.86. The van der Waals surface area contributed by atoms with Crippen LogP contribution >= 0.6 is 0 Å². The summed E-state index contributed by atoms with van der Waals surface area (Å²) in [5.74, 6) is -0.764. The predicted molar refractivity (Wildman–Crippen MR) is 78.8 cm³/mol. The lowest BCUT2D eigenvalue weighted by Gasteiger charge is -2.07. The van der Waals surface area contributed by atoms with Crippen molar-refractivity contribution < 1.29 is 13.5 Å². The van der Waals surface area contributed by atoms with Crippen molar-refractivity contribution in [3.63, 3.8) is 0 Å². The normalized spacial score (nSPS) is 12.1. The van der Waals surface area contributed by atoms with E-state index < -0.39 is 21.5 Å². The molecular weight excluding hydrogens is 295 g/mol. The van der Waals surface area contributed by atoms with Crippen LogP contribution in [-0.4, -0.2) is 9.13 Å². The fourth-order valence-electron chi connectivity index (χ4n) is 1.93.